The highest BCUT2D eigenvalue weighted by Gasteiger charge is 2.51. The summed E-state index contributed by atoms with van der Waals surface area (Å²) in [6.07, 6.45) is 2.34. The summed E-state index contributed by atoms with van der Waals surface area (Å²) in [5, 5.41) is 14.0. The van der Waals surface area contributed by atoms with Gasteiger partial charge in [0.1, 0.15) is 11.8 Å². The van der Waals surface area contributed by atoms with Crippen LogP contribution in [0.15, 0.2) is 17.1 Å². The van der Waals surface area contributed by atoms with Crippen LogP contribution in [0.25, 0.3) is 11.0 Å². The van der Waals surface area contributed by atoms with Crippen molar-refractivity contribution in [3.05, 3.63) is 32.7 Å². The molecule has 1 fully saturated rings. The van der Waals surface area contributed by atoms with Crippen molar-refractivity contribution in [2.45, 2.75) is 24.8 Å². The minimum atomic E-state index is -3.16. The average Bonchev–Trinajstić information content (AvgIpc) is 3.39. The van der Waals surface area contributed by atoms with Crippen LogP contribution < -0.4 is 15.6 Å². The number of aryl methyl sites for hydroxylation is 1. The Labute approximate surface area is 139 Å². The zero-order chi connectivity index (χ0) is 17.9. The molecule has 4 rings (SSSR count). The van der Waals surface area contributed by atoms with E-state index in [0.29, 0.717) is 12.8 Å². The van der Waals surface area contributed by atoms with Gasteiger partial charge in [-0.3, -0.25) is 19.5 Å². The van der Waals surface area contributed by atoms with Gasteiger partial charge in [0.25, 0.3) is 11.2 Å². The number of pyridine rings is 2. The smallest absolute Gasteiger partial charge is 0.301 e. The number of rotatable bonds is 2. The molecule has 0 amide bonds. The Morgan fingerprint density at radius 2 is 2.20 bits per heavy atom. The second kappa shape index (κ2) is 5.11. The van der Waals surface area contributed by atoms with Crippen molar-refractivity contribution in [2.24, 2.45) is 13.0 Å². The normalized spacial score (nSPS) is 21.8. The van der Waals surface area contributed by atoms with Gasteiger partial charge in [-0.2, -0.15) is 0 Å². The number of anilines is 1. The molecular formula is C15H14F2N4O4. The highest BCUT2D eigenvalue weighted by Crippen LogP contribution is 2.45. The Bertz CT molecular complexity index is 955. The lowest BCUT2D eigenvalue weighted by Gasteiger charge is -2.25. The van der Waals surface area contributed by atoms with E-state index < -0.39 is 29.1 Å². The predicted octanol–water partition coefficient (Wildman–Crippen LogP) is 2.06. The largest absolute Gasteiger partial charge is 0.480 e. The molecule has 0 aromatic carbocycles. The molecule has 0 radical (unpaired) electrons. The molecule has 0 unspecified atom stereocenters. The zero-order valence-electron chi connectivity index (χ0n) is 13.2. The van der Waals surface area contributed by atoms with Crippen molar-refractivity contribution >= 4 is 22.4 Å². The molecule has 1 atom stereocenters. The molecule has 1 aliphatic heterocycles. The van der Waals surface area contributed by atoms with Gasteiger partial charge < -0.3 is 10.1 Å². The van der Waals surface area contributed by atoms with Gasteiger partial charge in [-0.25, -0.2) is 13.8 Å². The van der Waals surface area contributed by atoms with Crippen LogP contribution in [-0.4, -0.2) is 33.0 Å². The Morgan fingerprint density at radius 3 is 2.84 bits per heavy atom. The fraction of sp³-hybridized carbons (Fsp3) is 0.467. The number of ether oxygens (including phenoxy) is 1. The van der Waals surface area contributed by atoms with Crippen LogP contribution in [-0.2, 0) is 7.05 Å². The van der Waals surface area contributed by atoms with Crippen LogP contribution >= 0.6 is 0 Å². The Morgan fingerprint density at radius 1 is 1.48 bits per heavy atom. The molecule has 10 heteroatoms. The molecule has 1 saturated carbocycles. The Balaban J connectivity index is 1.99. The summed E-state index contributed by atoms with van der Waals surface area (Å²) >= 11 is 0. The number of alkyl halides is 2. The maximum Gasteiger partial charge on any atom is 0.301 e. The number of hydrogen-bond donors (Lipinski definition) is 1. The van der Waals surface area contributed by atoms with Crippen molar-refractivity contribution in [1.29, 1.82) is 0 Å². The standard InChI is InChI=1S/C15H14F2N4O4/c1-20-13-9(4-8(5-18-13)21(23)24)10-11(14(20)22)25-6-15(16,17)12(19-10)7-2-3-7/h4-5,7,12,19H,2-3,6H2,1H3/t12-/m0/s1. The molecule has 0 saturated heterocycles. The SMILES string of the molecule is Cn1c(=O)c2c(c3cc([N+](=O)[O-])cnc31)N[C@@H](C1CC1)C(F)(F)CO2. The van der Waals surface area contributed by atoms with E-state index >= 15 is 0 Å². The van der Waals surface area contributed by atoms with E-state index in [0.717, 1.165) is 10.8 Å². The quantitative estimate of drug-likeness (QED) is 0.656. The second-order valence-corrected chi connectivity index (χ2v) is 6.40. The highest BCUT2D eigenvalue weighted by atomic mass is 19.3. The van der Waals surface area contributed by atoms with Crippen molar-refractivity contribution in [3.8, 4) is 5.75 Å². The van der Waals surface area contributed by atoms with E-state index in [2.05, 4.69) is 10.3 Å². The van der Waals surface area contributed by atoms with E-state index in [-0.39, 0.29) is 34.1 Å². The van der Waals surface area contributed by atoms with Gasteiger partial charge in [0, 0.05) is 13.1 Å². The Hall–Kier alpha value is -2.78. The van der Waals surface area contributed by atoms with Gasteiger partial charge in [0.2, 0.25) is 5.75 Å². The molecule has 3 heterocycles. The number of aromatic nitrogens is 2. The predicted molar refractivity (Wildman–Crippen MR) is 84.2 cm³/mol. The maximum absolute atomic E-state index is 14.4. The highest BCUT2D eigenvalue weighted by molar-refractivity contribution is 5.94. The van der Waals surface area contributed by atoms with E-state index in [1.807, 2.05) is 0 Å². The van der Waals surface area contributed by atoms with E-state index in [4.69, 9.17) is 4.74 Å². The van der Waals surface area contributed by atoms with E-state index in [1.165, 1.54) is 13.1 Å². The summed E-state index contributed by atoms with van der Waals surface area (Å²) in [7, 11) is 1.41. The number of fused-ring (bicyclic) bond motifs is 3. The molecule has 132 valence electrons. The van der Waals surface area contributed by atoms with Gasteiger partial charge >= 0.3 is 5.92 Å². The van der Waals surface area contributed by atoms with Crippen LogP contribution in [0.2, 0.25) is 0 Å². The average molecular weight is 352 g/mol. The zero-order valence-corrected chi connectivity index (χ0v) is 13.2. The number of halogens is 2. The van der Waals surface area contributed by atoms with Crippen molar-refractivity contribution < 1.29 is 18.4 Å². The number of nitro groups is 1. The molecule has 1 N–H and O–H groups in total. The van der Waals surface area contributed by atoms with Gasteiger partial charge in [-0.1, -0.05) is 0 Å². The van der Waals surface area contributed by atoms with Crippen molar-refractivity contribution in [2.75, 3.05) is 11.9 Å². The maximum atomic E-state index is 14.4. The minimum absolute atomic E-state index is 0.0448. The third kappa shape index (κ3) is 2.39. The molecule has 0 bridgehead atoms. The van der Waals surface area contributed by atoms with E-state index in [9.17, 15) is 23.7 Å². The lowest BCUT2D eigenvalue weighted by Crippen LogP contribution is -2.44. The number of hydrogen-bond acceptors (Lipinski definition) is 6. The van der Waals surface area contributed by atoms with Gasteiger partial charge in [0.05, 0.1) is 22.0 Å². The summed E-state index contributed by atoms with van der Waals surface area (Å²) in [6.45, 7) is -0.919. The molecule has 2 aromatic rings. The van der Waals surface area contributed by atoms with Crippen LogP contribution in [0.3, 0.4) is 0 Å². The topological polar surface area (TPSA) is 99.3 Å². The van der Waals surface area contributed by atoms with Gasteiger partial charge in [0.15, 0.2) is 6.61 Å². The van der Waals surface area contributed by atoms with Crippen LogP contribution in [0.4, 0.5) is 20.2 Å². The molecular weight excluding hydrogens is 338 g/mol. The van der Waals surface area contributed by atoms with Gasteiger partial charge in [-0.15, -0.1) is 0 Å². The fourth-order valence-electron chi connectivity index (χ4n) is 3.16. The molecule has 2 aromatic heterocycles. The third-order valence-electron chi connectivity index (χ3n) is 4.63. The summed E-state index contributed by atoms with van der Waals surface area (Å²) < 4.78 is 35.1. The summed E-state index contributed by atoms with van der Waals surface area (Å²) in [5.41, 5.74) is -0.716. The molecule has 8 nitrogen and oxygen atoms in total. The molecule has 2 aliphatic rings. The van der Waals surface area contributed by atoms with Crippen LogP contribution in [0.5, 0.6) is 5.75 Å². The Kier molecular flexibility index (Phi) is 3.21. The fourth-order valence-corrected chi connectivity index (χ4v) is 3.16. The summed E-state index contributed by atoms with van der Waals surface area (Å²) in [4.78, 5) is 26.9. The monoisotopic (exact) mass is 352 g/mol. The van der Waals surface area contributed by atoms with Crippen molar-refractivity contribution in [3.63, 3.8) is 0 Å². The van der Waals surface area contributed by atoms with Crippen LogP contribution in [0.1, 0.15) is 12.8 Å². The van der Waals surface area contributed by atoms with E-state index in [1.54, 1.807) is 0 Å². The van der Waals surface area contributed by atoms with Crippen LogP contribution in [0, 0.1) is 16.0 Å². The molecule has 1 aliphatic carbocycles. The van der Waals surface area contributed by atoms with Crippen molar-refractivity contribution in [1.82, 2.24) is 9.55 Å². The van der Waals surface area contributed by atoms with Gasteiger partial charge in [-0.05, 0) is 18.8 Å². The minimum Gasteiger partial charge on any atom is -0.480 e. The number of nitrogens with zero attached hydrogens (tertiary/aromatic N) is 3. The number of nitrogens with one attached hydrogen (secondary N) is 1. The molecule has 25 heavy (non-hydrogen) atoms. The third-order valence-corrected chi connectivity index (χ3v) is 4.63. The second-order valence-electron chi connectivity index (χ2n) is 6.40. The summed E-state index contributed by atoms with van der Waals surface area (Å²) in [5.74, 6) is -3.65. The summed E-state index contributed by atoms with van der Waals surface area (Å²) in [6, 6.07) is 0.0213. The molecule has 0 spiro atoms. The first-order valence-electron chi connectivity index (χ1n) is 7.74. The lowest BCUT2D eigenvalue weighted by atomic mass is 10.1. The first-order chi connectivity index (χ1) is 11.8. The first-order valence-corrected chi connectivity index (χ1v) is 7.74. The first kappa shape index (κ1) is 15.7. The lowest BCUT2D eigenvalue weighted by molar-refractivity contribution is -0.385.